The largest absolute Gasteiger partial charge is 0.460 e. The minimum atomic E-state index is -0.190. The molecule has 2 fully saturated rings. The molecule has 0 N–H and O–H groups in total. The van der Waals surface area contributed by atoms with Gasteiger partial charge in [0, 0.05) is 6.92 Å². The van der Waals surface area contributed by atoms with E-state index in [1.165, 1.54) is 32.6 Å². The number of fused-ring (bicyclic) bond motifs is 1. The van der Waals surface area contributed by atoms with Crippen molar-refractivity contribution in [1.29, 1.82) is 0 Å². The van der Waals surface area contributed by atoms with E-state index in [-0.39, 0.29) is 18.2 Å². The zero-order valence-electron chi connectivity index (χ0n) is 9.57. The van der Waals surface area contributed by atoms with E-state index >= 15 is 0 Å². The predicted molar refractivity (Wildman–Crippen MR) is 56.5 cm³/mol. The Hall–Kier alpha value is -0.570. The summed E-state index contributed by atoms with van der Waals surface area (Å²) in [6, 6.07) is 0. The Morgan fingerprint density at radius 2 is 2.07 bits per heavy atom. The minimum absolute atomic E-state index is 0.0261. The molecule has 0 amide bonds. The van der Waals surface area contributed by atoms with Gasteiger partial charge in [-0.25, -0.2) is 0 Å². The van der Waals surface area contributed by atoms with Crippen LogP contribution in [0.2, 0.25) is 0 Å². The molecule has 0 spiro atoms. The molecule has 2 aliphatic rings. The second kappa shape index (κ2) is 4.52. The summed E-state index contributed by atoms with van der Waals surface area (Å²) in [7, 11) is 0. The van der Waals surface area contributed by atoms with Crippen molar-refractivity contribution < 1.29 is 14.3 Å². The summed E-state index contributed by atoms with van der Waals surface area (Å²) in [6.45, 7) is 3.48. The number of ether oxygens (including phenoxy) is 2. The van der Waals surface area contributed by atoms with E-state index in [0.717, 1.165) is 6.42 Å². The standard InChI is InChI=1S/C12H20O3/c1-8-12(15-9(2)13)7-10-5-3-4-6-11(10)14-8/h8,10-12H,3-7H2,1-2H3. The molecule has 0 aromatic carbocycles. The first-order valence-electron chi connectivity index (χ1n) is 5.99. The molecule has 0 bridgehead atoms. The average Bonchev–Trinajstić information content (AvgIpc) is 2.18. The van der Waals surface area contributed by atoms with Gasteiger partial charge in [0.1, 0.15) is 6.10 Å². The Morgan fingerprint density at radius 3 is 2.80 bits per heavy atom. The fourth-order valence-electron chi connectivity index (χ4n) is 2.83. The van der Waals surface area contributed by atoms with E-state index in [9.17, 15) is 4.79 Å². The first-order chi connectivity index (χ1) is 7.16. The van der Waals surface area contributed by atoms with Crippen molar-refractivity contribution in [3.05, 3.63) is 0 Å². The average molecular weight is 212 g/mol. The van der Waals surface area contributed by atoms with E-state index < -0.39 is 0 Å². The van der Waals surface area contributed by atoms with Gasteiger partial charge in [-0.2, -0.15) is 0 Å². The highest BCUT2D eigenvalue weighted by molar-refractivity contribution is 5.66. The van der Waals surface area contributed by atoms with Gasteiger partial charge in [-0.05, 0) is 32.1 Å². The van der Waals surface area contributed by atoms with Crippen LogP contribution in [-0.2, 0) is 14.3 Å². The first-order valence-corrected chi connectivity index (χ1v) is 5.99. The summed E-state index contributed by atoms with van der Waals surface area (Å²) in [6.07, 6.45) is 6.44. The highest BCUT2D eigenvalue weighted by Gasteiger charge is 2.38. The third-order valence-electron chi connectivity index (χ3n) is 3.60. The molecule has 2 rings (SSSR count). The van der Waals surface area contributed by atoms with Crippen LogP contribution in [0, 0.1) is 5.92 Å². The van der Waals surface area contributed by atoms with Crippen LogP contribution in [0.1, 0.15) is 46.0 Å². The molecule has 0 radical (unpaired) electrons. The molecule has 3 heteroatoms. The van der Waals surface area contributed by atoms with E-state index in [1.54, 1.807) is 0 Å². The van der Waals surface area contributed by atoms with Crippen LogP contribution in [0.25, 0.3) is 0 Å². The van der Waals surface area contributed by atoms with E-state index in [4.69, 9.17) is 9.47 Å². The van der Waals surface area contributed by atoms with Gasteiger partial charge in [-0.15, -0.1) is 0 Å². The number of hydrogen-bond donors (Lipinski definition) is 0. The Bertz CT molecular complexity index is 239. The van der Waals surface area contributed by atoms with Gasteiger partial charge in [0.25, 0.3) is 0 Å². The van der Waals surface area contributed by atoms with Gasteiger partial charge >= 0.3 is 5.97 Å². The van der Waals surface area contributed by atoms with Gasteiger partial charge in [0.2, 0.25) is 0 Å². The number of esters is 1. The zero-order valence-corrected chi connectivity index (χ0v) is 9.57. The van der Waals surface area contributed by atoms with Gasteiger partial charge in [-0.1, -0.05) is 12.8 Å². The van der Waals surface area contributed by atoms with Crippen molar-refractivity contribution in [2.45, 2.75) is 64.3 Å². The Morgan fingerprint density at radius 1 is 1.33 bits per heavy atom. The quantitative estimate of drug-likeness (QED) is 0.625. The third kappa shape index (κ3) is 2.51. The summed E-state index contributed by atoms with van der Waals surface area (Å²) in [5, 5.41) is 0. The molecule has 1 aliphatic heterocycles. The van der Waals surface area contributed by atoms with Crippen LogP contribution in [-0.4, -0.2) is 24.3 Å². The van der Waals surface area contributed by atoms with E-state index in [1.807, 2.05) is 6.92 Å². The Balaban J connectivity index is 1.95. The molecule has 15 heavy (non-hydrogen) atoms. The van der Waals surface area contributed by atoms with Gasteiger partial charge in [-0.3, -0.25) is 4.79 Å². The van der Waals surface area contributed by atoms with Crippen molar-refractivity contribution in [3.8, 4) is 0 Å². The Kier molecular flexibility index (Phi) is 3.29. The van der Waals surface area contributed by atoms with Crippen molar-refractivity contribution in [3.63, 3.8) is 0 Å². The van der Waals surface area contributed by atoms with Crippen molar-refractivity contribution >= 4 is 5.97 Å². The van der Waals surface area contributed by atoms with E-state index in [2.05, 4.69) is 0 Å². The van der Waals surface area contributed by atoms with Crippen molar-refractivity contribution in [2.24, 2.45) is 5.92 Å². The van der Waals surface area contributed by atoms with Crippen LogP contribution >= 0.6 is 0 Å². The fourth-order valence-corrected chi connectivity index (χ4v) is 2.83. The van der Waals surface area contributed by atoms with Crippen molar-refractivity contribution in [2.75, 3.05) is 0 Å². The summed E-state index contributed by atoms with van der Waals surface area (Å²) in [5.41, 5.74) is 0. The third-order valence-corrected chi connectivity index (χ3v) is 3.60. The molecule has 1 saturated carbocycles. The molecule has 4 unspecified atom stereocenters. The molecular weight excluding hydrogens is 192 g/mol. The number of hydrogen-bond acceptors (Lipinski definition) is 3. The SMILES string of the molecule is CC(=O)OC1CC2CCCCC2OC1C. The summed E-state index contributed by atoms with van der Waals surface area (Å²) >= 11 is 0. The summed E-state index contributed by atoms with van der Waals surface area (Å²) in [5.74, 6) is 0.420. The van der Waals surface area contributed by atoms with Crippen molar-refractivity contribution in [1.82, 2.24) is 0 Å². The zero-order chi connectivity index (χ0) is 10.8. The summed E-state index contributed by atoms with van der Waals surface area (Å²) < 4.78 is 11.2. The fraction of sp³-hybridized carbons (Fsp3) is 0.917. The smallest absolute Gasteiger partial charge is 0.302 e. The molecule has 1 saturated heterocycles. The second-order valence-corrected chi connectivity index (χ2v) is 4.81. The molecule has 86 valence electrons. The number of carbonyl (C=O) groups excluding carboxylic acids is 1. The van der Waals surface area contributed by atoms with Crippen LogP contribution in [0.3, 0.4) is 0 Å². The molecule has 4 atom stereocenters. The molecule has 0 aromatic rings. The monoisotopic (exact) mass is 212 g/mol. The van der Waals surface area contributed by atoms with E-state index in [0.29, 0.717) is 12.0 Å². The van der Waals surface area contributed by atoms with Crippen LogP contribution < -0.4 is 0 Å². The lowest BCUT2D eigenvalue weighted by atomic mass is 9.80. The van der Waals surface area contributed by atoms with Crippen LogP contribution in [0.15, 0.2) is 0 Å². The summed E-state index contributed by atoms with van der Waals surface area (Å²) in [4.78, 5) is 10.9. The maximum Gasteiger partial charge on any atom is 0.302 e. The normalized spacial score (nSPS) is 40.7. The minimum Gasteiger partial charge on any atom is -0.460 e. The lowest BCUT2D eigenvalue weighted by Crippen LogP contribution is -2.45. The second-order valence-electron chi connectivity index (χ2n) is 4.81. The molecule has 1 heterocycles. The first kappa shape index (κ1) is 10.9. The molecule has 0 aromatic heterocycles. The predicted octanol–water partition coefficient (Wildman–Crippen LogP) is 2.29. The topological polar surface area (TPSA) is 35.5 Å². The lowest BCUT2D eigenvalue weighted by molar-refractivity contribution is -0.180. The maximum absolute atomic E-state index is 10.9. The van der Waals surface area contributed by atoms with Gasteiger partial charge in [0.15, 0.2) is 0 Å². The molecule has 1 aliphatic carbocycles. The van der Waals surface area contributed by atoms with Crippen LogP contribution in [0.4, 0.5) is 0 Å². The Labute approximate surface area is 91.1 Å². The molecular formula is C12H20O3. The lowest BCUT2D eigenvalue weighted by Gasteiger charge is -2.42. The highest BCUT2D eigenvalue weighted by Crippen LogP contribution is 2.36. The number of rotatable bonds is 1. The maximum atomic E-state index is 10.9. The van der Waals surface area contributed by atoms with Crippen LogP contribution in [0.5, 0.6) is 0 Å². The van der Waals surface area contributed by atoms with Gasteiger partial charge in [0.05, 0.1) is 12.2 Å². The number of carbonyl (C=O) groups is 1. The highest BCUT2D eigenvalue weighted by atomic mass is 16.6. The van der Waals surface area contributed by atoms with Gasteiger partial charge < -0.3 is 9.47 Å². The molecule has 3 nitrogen and oxygen atoms in total.